The zero-order valence-corrected chi connectivity index (χ0v) is 9.69. The summed E-state index contributed by atoms with van der Waals surface area (Å²) in [5.74, 6) is 0. The third kappa shape index (κ3) is 2.91. The molecule has 0 unspecified atom stereocenters. The van der Waals surface area contributed by atoms with Gasteiger partial charge in [-0.05, 0) is 23.3 Å². The van der Waals surface area contributed by atoms with E-state index in [4.69, 9.17) is 0 Å². The predicted molar refractivity (Wildman–Crippen MR) is 74.4 cm³/mol. The lowest BCUT2D eigenvalue weighted by Crippen LogP contribution is -1.79. The molecule has 2 aromatic rings. The smallest absolute Gasteiger partial charge is 0.0438 e. The van der Waals surface area contributed by atoms with Gasteiger partial charge in [0.25, 0.3) is 0 Å². The van der Waals surface area contributed by atoms with Gasteiger partial charge < -0.3 is 4.72 Å². The summed E-state index contributed by atoms with van der Waals surface area (Å²) in [5, 5.41) is 0. The number of hydrogen-bond acceptors (Lipinski definition) is 2. The van der Waals surface area contributed by atoms with Crippen LogP contribution in [-0.2, 0) is 0 Å². The SMILES string of the molecule is SNc1ccc(C=Cc2ccccc2)cc1. The highest BCUT2D eigenvalue weighted by molar-refractivity contribution is 7.81. The Balaban J connectivity index is 2.12. The first-order valence-electron chi connectivity index (χ1n) is 5.12. The number of benzene rings is 2. The van der Waals surface area contributed by atoms with Crippen molar-refractivity contribution < 1.29 is 0 Å². The minimum Gasteiger partial charge on any atom is -0.332 e. The largest absolute Gasteiger partial charge is 0.332 e. The molecule has 0 fully saturated rings. The molecule has 0 bridgehead atoms. The standard InChI is InChI=1S/C14H13NS/c16-15-14-10-8-13(9-11-14)7-6-12-4-2-1-3-5-12/h1-11,15-16H. The van der Waals surface area contributed by atoms with E-state index in [1.54, 1.807) is 0 Å². The first kappa shape index (κ1) is 10.8. The Morgan fingerprint density at radius 3 is 1.88 bits per heavy atom. The lowest BCUT2D eigenvalue weighted by Gasteiger charge is -1.98. The normalized spacial score (nSPS) is 10.6. The topological polar surface area (TPSA) is 12.0 Å². The Bertz CT molecular complexity index is 460. The minimum absolute atomic E-state index is 1.00. The molecule has 2 aromatic carbocycles. The maximum atomic E-state index is 3.99. The molecule has 0 heterocycles. The zero-order chi connectivity index (χ0) is 11.2. The van der Waals surface area contributed by atoms with Gasteiger partial charge in [0.2, 0.25) is 0 Å². The number of nitrogens with one attached hydrogen (secondary N) is 1. The molecule has 0 aliphatic carbocycles. The van der Waals surface area contributed by atoms with Gasteiger partial charge in [0, 0.05) is 5.69 Å². The maximum absolute atomic E-state index is 3.99. The highest BCUT2D eigenvalue weighted by Gasteiger charge is 1.89. The summed E-state index contributed by atoms with van der Waals surface area (Å²) < 4.78 is 2.80. The molecule has 0 aromatic heterocycles. The molecule has 16 heavy (non-hydrogen) atoms. The monoisotopic (exact) mass is 227 g/mol. The Morgan fingerprint density at radius 2 is 1.31 bits per heavy atom. The van der Waals surface area contributed by atoms with Crippen molar-refractivity contribution in [2.75, 3.05) is 4.72 Å². The van der Waals surface area contributed by atoms with Gasteiger partial charge in [0.1, 0.15) is 0 Å². The highest BCUT2D eigenvalue weighted by Crippen LogP contribution is 2.12. The van der Waals surface area contributed by atoms with Crippen molar-refractivity contribution in [2.45, 2.75) is 0 Å². The lowest BCUT2D eigenvalue weighted by molar-refractivity contribution is 1.64. The molecule has 2 rings (SSSR count). The van der Waals surface area contributed by atoms with Crippen molar-refractivity contribution in [2.24, 2.45) is 0 Å². The fourth-order valence-corrected chi connectivity index (χ4v) is 1.57. The number of hydrogen-bond donors (Lipinski definition) is 2. The summed E-state index contributed by atoms with van der Waals surface area (Å²) in [4.78, 5) is 0. The second-order valence-electron chi connectivity index (χ2n) is 3.48. The van der Waals surface area contributed by atoms with Crippen LogP contribution in [0.5, 0.6) is 0 Å². The molecule has 0 saturated carbocycles. The molecule has 1 nitrogen and oxygen atoms in total. The van der Waals surface area contributed by atoms with E-state index in [9.17, 15) is 0 Å². The third-order valence-electron chi connectivity index (χ3n) is 2.31. The van der Waals surface area contributed by atoms with Gasteiger partial charge in [0.15, 0.2) is 0 Å². The quantitative estimate of drug-likeness (QED) is 0.594. The van der Waals surface area contributed by atoms with Crippen LogP contribution < -0.4 is 4.72 Å². The zero-order valence-electron chi connectivity index (χ0n) is 8.80. The maximum Gasteiger partial charge on any atom is 0.0438 e. The van der Waals surface area contributed by atoms with E-state index >= 15 is 0 Å². The van der Waals surface area contributed by atoms with E-state index in [2.05, 4.69) is 54.0 Å². The Morgan fingerprint density at radius 1 is 0.750 bits per heavy atom. The van der Waals surface area contributed by atoms with Crippen LogP contribution in [0.3, 0.4) is 0 Å². The predicted octanol–water partition coefficient (Wildman–Crippen LogP) is 4.11. The molecule has 0 aliphatic heterocycles. The van der Waals surface area contributed by atoms with Gasteiger partial charge in [0.05, 0.1) is 0 Å². The summed E-state index contributed by atoms with van der Waals surface area (Å²) in [7, 11) is 0. The average molecular weight is 227 g/mol. The van der Waals surface area contributed by atoms with Crippen LogP contribution in [0.15, 0.2) is 54.6 Å². The van der Waals surface area contributed by atoms with Crippen molar-refractivity contribution in [3.05, 3.63) is 65.7 Å². The summed E-state index contributed by atoms with van der Waals surface area (Å²) in [6.07, 6.45) is 4.20. The molecule has 80 valence electrons. The van der Waals surface area contributed by atoms with E-state index in [-0.39, 0.29) is 0 Å². The Kier molecular flexibility index (Phi) is 3.67. The molecule has 0 aliphatic rings. The van der Waals surface area contributed by atoms with Gasteiger partial charge in [-0.15, -0.1) is 0 Å². The van der Waals surface area contributed by atoms with Gasteiger partial charge >= 0.3 is 0 Å². The Labute approximate surface area is 101 Å². The van der Waals surface area contributed by atoms with Crippen LogP contribution >= 0.6 is 12.8 Å². The Hall–Kier alpha value is -1.67. The summed E-state index contributed by atoms with van der Waals surface area (Å²) in [6, 6.07) is 18.4. The highest BCUT2D eigenvalue weighted by atomic mass is 32.1. The van der Waals surface area contributed by atoms with Crippen LogP contribution in [-0.4, -0.2) is 0 Å². The van der Waals surface area contributed by atoms with Crippen molar-refractivity contribution >= 4 is 30.7 Å². The van der Waals surface area contributed by atoms with Gasteiger partial charge in [-0.3, -0.25) is 0 Å². The molecule has 0 atom stereocenters. The fourth-order valence-electron chi connectivity index (χ4n) is 1.43. The number of thiol groups is 1. The van der Waals surface area contributed by atoms with E-state index in [1.807, 2.05) is 30.3 Å². The van der Waals surface area contributed by atoms with Gasteiger partial charge in [-0.25, -0.2) is 0 Å². The van der Waals surface area contributed by atoms with Crippen LogP contribution in [0.1, 0.15) is 11.1 Å². The van der Waals surface area contributed by atoms with Crippen LogP contribution in [0.2, 0.25) is 0 Å². The summed E-state index contributed by atoms with van der Waals surface area (Å²) in [6.45, 7) is 0. The third-order valence-corrected chi connectivity index (χ3v) is 2.57. The molecule has 0 amide bonds. The molecular formula is C14H13NS. The molecule has 2 heteroatoms. The number of anilines is 1. The average Bonchev–Trinajstić information content (AvgIpc) is 2.38. The van der Waals surface area contributed by atoms with Crippen molar-refractivity contribution in [1.29, 1.82) is 0 Å². The van der Waals surface area contributed by atoms with Crippen molar-refractivity contribution in [1.82, 2.24) is 0 Å². The lowest BCUT2D eigenvalue weighted by atomic mass is 10.1. The molecule has 0 radical (unpaired) electrons. The van der Waals surface area contributed by atoms with Crippen molar-refractivity contribution in [3.8, 4) is 0 Å². The van der Waals surface area contributed by atoms with Crippen LogP contribution in [0.4, 0.5) is 5.69 Å². The second-order valence-corrected chi connectivity index (χ2v) is 3.70. The molecular weight excluding hydrogens is 214 g/mol. The molecule has 0 saturated heterocycles. The fraction of sp³-hybridized carbons (Fsp3) is 0. The first-order valence-corrected chi connectivity index (χ1v) is 5.56. The first-order chi connectivity index (χ1) is 7.88. The molecule has 0 spiro atoms. The van der Waals surface area contributed by atoms with Crippen LogP contribution in [0.25, 0.3) is 12.2 Å². The van der Waals surface area contributed by atoms with Gasteiger partial charge in [-0.2, -0.15) is 0 Å². The van der Waals surface area contributed by atoms with Gasteiger partial charge in [-0.1, -0.05) is 67.4 Å². The van der Waals surface area contributed by atoms with E-state index in [1.165, 1.54) is 11.1 Å². The molecule has 1 N–H and O–H groups in total. The van der Waals surface area contributed by atoms with E-state index < -0.39 is 0 Å². The van der Waals surface area contributed by atoms with Crippen LogP contribution in [0, 0.1) is 0 Å². The summed E-state index contributed by atoms with van der Waals surface area (Å²) in [5.41, 5.74) is 3.38. The van der Waals surface area contributed by atoms with Crippen molar-refractivity contribution in [3.63, 3.8) is 0 Å². The second kappa shape index (κ2) is 5.42. The number of rotatable bonds is 3. The minimum atomic E-state index is 1.00. The van der Waals surface area contributed by atoms with E-state index in [0.717, 1.165) is 5.69 Å². The van der Waals surface area contributed by atoms with E-state index in [0.29, 0.717) is 0 Å². The summed E-state index contributed by atoms with van der Waals surface area (Å²) >= 11 is 3.99.